The van der Waals surface area contributed by atoms with E-state index in [2.05, 4.69) is 10.0 Å². The average molecular weight is 484 g/mol. The van der Waals surface area contributed by atoms with Crippen LogP contribution in [0.25, 0.3) is 0 Å². The van der Waals surface area contributed by atoms with Gasteiger partial charge in [-0.3, -0.25) is 4.79 Å². The van der Waals surface area contributed by atoms with Crippen LogP contribution in [0.5, 0.6) is 0 Å². The second kappa shape index (κ2) is 9.81. The maximum absolute atomic E-state index is 13.0. The van der Waals surface area contributed by atoms with Gasteiger partial charge in [0.1, 0.15) is 6.04 Å². The first-order valence-corrected chi connectivity index (χ1v) is 11.4. The summed E-state index contributed by atoms with van der Waals surface area (Å²) in [6.45, 7) is 0. The van der Waals surface area contributed by atoms with Crippen LogP contribution in [-0.4, -0.2) is 20.4 Å². The number of hydrogen-bond acceptors (Lipinski definition) is 3. The van der Waals surface area contributed by atoms with Gasteiger partial charge in [0.05, 0.1) is 20.6 Å². The fraction of sp³-hybridized carbons (Fsp3) is 0.0952. The summed E-state index contributed by atoms with van der Waals surface area (Å²) in [5.74, 6) is -0.591. The number of sulfonamides is 1. The highest BCUT2D eigenvalue weighted by Crippen LogP contribution is 2.30. The third kappa shape index (κ3) is 5.74. The van der Waals surface area contributed by atoms with Crippen molar-refractivity contribution in [3.8, 4) is 0 Å². The number of hydrogen-bond donors (Lipinski definition) is 2. The average Bonchev–Trinajstić information content (AvgIpc) is 2.71. The summed E-state index contributed by atoms with van der Waals surface area (Å²) >= 11 is 18.1. The highest BCUT2D eigenvalue weighted by Gasteiger charge is 2.27. The molecule has 3 aromatic rings. The van der Waals surface area contributed by atoms with E-state index in [0.29, 0.717) is 5.02 Å². The fourth-order valence-corrected chi connectivity index (χ4v) is 4.55. The molecule has 30 heavy (non-hydrogen) atoms. The number of nitrogens with one attached hydrogen (secondary N) is 2. The number of rotatable bonds is 7. The van der Waals surface area contributed by atoms with Gasteiger partial charge in [-0.15, -0.1) is 0 Å². The van der Waals surface area contributed by atoms with Crippen LogP contribution in [0, 0.1) is 0 Å². The van der Waals surface area contributed by atoms with Gasteiger partial charge in [-0.1, -0.05) is 71.2 Å². The predicted octanol–water partition coefficient (Wildman–Crippen LogP) is 5.18. The second-order valence-corrected chi connectivity index (χ2v) is 9.37. The van der Waals surface area contributed by atoms with Crippen LogP contribution in [0.15, 0.2) is 77.7 Å². The quantitative estimate of drug-likeness (QED) is 0.486. The van der Waals surface area contributed by atoms with E-state index >= 15 is 0 Å². The molecule has 9 heteroatoms. The minimum absolute atomic E-state index is 0.00598. The smallest absolute Gasteiger partial charge is 0.242 e. The molecular formula is C21H17Cl3N2O3S. The lowest BCUT2D eigenvalue weighted by Gasteiger charge is -2.20. The number of carbonyl (C=O) groups excluding carboxylic acids is 1. The molecule has 3 aromatic carbocycles. The molecule has 0 radical (unpaired) electrons. The zero-order valence-electron chi connectivity index (χ0n) is 15.5. The highest BCUT2D eigenvalue weighted by molar-refractivity contribution is 7.89. The molecule has 0 fully saturated rings. The molecule has 0 aliphatic heterocycles. The Bertz CT molecular complexity index is 1120. The summed E-state index contributed by atoms with van der Waals surface area (Å²) in [7, 11) is -3.99. The van der Waals surface area contributed by atoms with Crippen molar-refractivity contribution in [2.45, 2.75) is 17.4 Å². The van der Waals surface area contributed by atoms with Crippen LogP contribution in [-0.2, 0) is 21.2 Å². The SMILES string of the molecule is O=C(Nc1c(Cl)cccc1Cl)[C@@H](Cc1ccccc1)NS(=O)(=O)c1ccc(Cl)cc1. The van der Waals surface area contributed by atoms with Crippen LogP contribution in [0.2, 0.25) is 15.1 Å². The van der Waals surface area contributed by atoms with Crippen molar-refractivity contribution in [1.82, 2.24) is 4.72 Å². The number of carbonyl (C=O) groups is 1. The van der Waals surface area contributed by atoms with Gasteiger partial charge in [0.2, 0.25) is 15.9 Å². The van der Waals surface area contributed by atoms with Crippen molar-refractivity contribution in [2.75, 3.05) is 5.32 Å². The summed E-state index contributed by atoms with van der Waals surface area (Å²) in [4.78, 5) is 13.0. The Morgan fingerprint density at radius 2 is 1.43 bits per heavy atom. The lowest BCUT2D eigenvalue weighted by atomic mass is 10.1. The summed E-state index contributed by atoms with van der Waals surface area (Å²) in [5.41, 5.74) is 0.997. The van der Waals surface area contributed by atoms with Crippen molar-refractivity contribution in [3.63, 3.8) is 0 Å². The van der Waals surface area contributed by atoms with Gasteiger partial charge in [0, 0.05) is 5.02 Å². The standard InChI is InChI=1S/C21H17Cl3N2O3S/c22-15-9-11-16(12-10-15)30(28,29)26-19(13-14-5-2-1-3-6-14)21(27)25-20-17(23)7-4-8-18(20)24/h1-12,19,26H,13H2,(H,25,27)/t19-/m1/s1. The molecule has 0 saturated heterocycles. The molecule has 3 rings (SSSR count). The minimum atomic E-state index is -3.99. The Labute approximate surface area is 190 Å². The van der Waals surface area contributed by atoms with E-state index in [0.717, 1.165) is 5.56 Å². The van der Waals surface area contributed by atoms with Gasteiger partial charge in [-0.25, -0.2) is 8.42 Å². The first-order valence-electron chi connectivity index (χ1n) is 8.83. The Morgan fingerprint density at radius 3 is 2.03 bits per heavy atom. The maximum atomic E-state index is 13.0. The second-order valence-electron chi connectivity index (χ2n) is 6.40. The number of anilines is 1. The van der Waals surface area contributed by atoms with E-state index in [4.69, 9.17) is 34.8 Å². The first-order chi connectivity index (χ1) is 14.3. The third-order valence-electron chi connectivity index (χ3n) is 4.23. The number of para-hydroxylation sites is 1. The maximum Gasteiger partial charge on any atom is 0.242 e. The molecule has 1 atom stereocenters. The molecule has 1 amide bonds. The number of halogens is 3. The molecule has 5 nitrogen and oxygen atoms in total. The largest absolute Gasteiger partial charge is 0.322 e. The summed E-state index contributed by atoms with van der Waals surface area (Å²) in [5, 5.41) is 3.53. The predicted molar refractivity (Wildman–Crippen MR) is 121 cm³/mol. The molecule has 0 aliphatic carbocycles. The van der Waals surface area contributed by atoms with E-state index in [9.17, 15) is 13.2 Å². The molecule has 0 unspecified atom stereocenters. The zero-order valence-corrected chi connectivity index (χ0v) is 18.6. The lowest BCUT2D eigenvalue weighted by Crippen LogP contribution is -2.45. The van der Waals surface area contributed by atoms with Crippen LogP contribution in [0.4, 0.5) is 5.69 Å². The molecule has 2 N–H and O–H groups in total. The van der Waals surface area contributed by atoms with Gasteiger partial charge in [0.25, 0.3) is 0 Å². The Kier molecular flexibility index (Phi) is 7.39. The summed E-state index contributed by atoms with van der Waals surface area (Å²) < 4.78 is 28.2. The highest BCUT2D eigenvalue weighted by atomic mass is 35.5. The Hall–Kier alpha value is -2.09. The van der Waals surface area contributed by atoms with E-state index in [1.165, 1.54) is 24.3 Å². The van der Waals surface area contributed by atoms with Crippen LogP contribution < -0.4 is 10.0 Å². The monoisotopic (exact) mass is 482 g/mol. The normalized spacial score (nSPS) is 12.4. The molecule has 0 heterocycles. The van der Waals surface area contributed by atoms with E-state index in [1.807, 2.05) is 18.2 Å². The van der Waals surface area contributed by atoms with Crippen molar-refractivity contribution in [1.29, 1.82) is 0 Å². The summed E-state index contributed by atoms with van der Waals surface area (Å²) in [6.07, 6.45) is 0.127. The van der Waals surface area contributed by atoms with Crippen molar-refractivity contribution in [2.24, 2.45) is 0 Å². The van der Waals surface area contributed by atoms with Crippen LogP contribution >= 0.6 is 34.8 Å². The zero-order chi connectivity index (χ0) is 21.7. The Morgan fingerprint density at radius 1 is 0.833 bits per heavy atom. The van der Waals surface area contributed by atoms with Crippen molar-refractivity contribution in [3.05, 3.63) is 93.4 Å². The number of amides is 1. The van der Waals surface area contributed by atoms with Gasteiger partial charge in [-0.05, 0) is 48.4 Å². The third-order valence-corrected chi connectivity index (χ3v) is 6.60. The van der Waals surface area contributed by atoms with Crippen molar-refractivity contribution >= 4 is 56.4 Å². The molecule has 0 aromatic heterocycles. The first kappa shape index (κ1) is 22.6. The van der Waals surface area contributed by atoms with Gasteiger partial charge in [0.15, 0.2) is 0 Å². The molecular weight excluding hydrogens is 467 g/mol. The Balaban J connectivity index is 1.90. The minimum Gasteiger partial charge on any atom is -0.322 e. The molecule has 0 saturated carbocycles. The summed E-state index contributed by atoms with van der Waals surface area (Å²) in [6, 6.07) is 18.4. The van der Waals surface area contributed by atoms with Crippen LogP contribution in [0.1, 0.15) is 5.56 Å². The molecule has 0 bridgehead atoms. The van der Waals surface area contributed by atoms with Gasteiger partial charge in [-0.2, -0.15) is 4.72 Å². The number of benzene rings is 3. The van der Waals surface area contributed by atoms with Gasteiger partial charge < -0.3 is 5.32 Å². The molecule has 0 aliphatic rings. The van der Waals surface area contributed by atoms with E-state index in [1.54, 1.807) is 30.3 Å². The van der Waals surface area contributed by atoms with Crippen molar-refractivity contribution < 1.29 is 13.2 Å². The van der Waals surface area contributed by atoms with E-state index < -0.39 is 22.0 Å². The lowest BCUT2D eigenvalue weighted by molar-refractivity contribution is -0.117. The molecule has 156 valence electrons. The molecule has 0 spiro atoms. The topological polar surface area (TPSA) is 75.3 Å². The van der Waals surface area contributed by atoms with Crippen LogP contribution in [0.3, 0.4) is 0 Å². The van der Waals surface area contributed by atoms with E-state index in [-0.39, 0.29) is 27.0 Å². The fourth-order valence-electron chi connectivity index (χ4n) is 2.73. The van der Waals surface area contributed by atoms with Gasteiger partial charge >= 0.3 is 0 Å².